The number of rotatable bonds is 3. The van der Waals surface area contributed by atoms with Crippen LogP contribution in [0.5, 0.6) is 11.5 Å². The van der Waals surface area contributed by atoms with E-state index in [2.05, 4.69) is 4.98 Å². The van der Waals surface area contributed by atoms with Crippen molar-refractivity contribution in [1.82, 2.24) is 4.98 Å². The summed E-state index contributed by atoms with van der Waals surface area (Å²) in [6.45, 7) is 0. The second-order valence-corrected chi connectivity index (χ2v) is 7.03. The van der Waals surface area contributed by atoms with Gasteiger partial charge in [0, 0.05) is 22.1 Å². The number of hydrogen-bond donors (Lipinski definition) is 0. The van der Waals surface area contributed by atoms with E-state index in [4.69, 9.17) is 9.47 Å². The first-order valence-corrected chi connectivity index (χ1v) is 9.47. The first-order chi connectivity index (χ1) is 14.6. The van der Waals surface area contributed by atoms with Crippen molar-refractivity contribution in [2.75, 3.05) is 14.2 Å². The van der Waals surface area contributed by atoms with E-state index < -0.39 is 0 Å². The first-order valence-electron chi connectivity index (χ1n) is 9.47. The second kappa shape index (κ2) is 6.81. The molecule has 0 bridgehead atoms. The number of ketones is 2. The Kier molecular flexibility index (Phi) is 4.10. The quantitative estimate of drug-likeness (QED) is 0.443. The van der Waals surface area contributed by atoms with Crippen LogP contribution in [0, 0.1) is 0 Å². The number of benzene rings is 3. The highest BCUT2D eigenvalue weighted by atomic mass is 16.5. The van der Waals surface area contributed by atoms with Gasteiger partial charge in [-0.2, -0.15) is 0 Å². The molecule has 0 radical (unpaired) electrons. The molecule has 1 aliphatic rings. The number of carbonyl (C=O) groups is 2. The number of fused-ring (bicyclic) bond motifs is 3. The third-order valence-electron chi connectivity index (χ3n) is 5.41. The zero-order valence-corrected chi connectivity index (χ0v) is 16.4. The molecule has 0 fully saturated rings. The average Bonchev–Trinajstić information content (AvgIpc) is 2.80. The predicted octanol–water partition coefficient (Wildman–Crippen LogP) is 4.69. The summed E-state index contributed by atoms with van der Waals surface area (Å²) < 4.78 is 10.8. The molecule has 0 aliphatic heterocycles. The number of ether oxygens (including phenoxy) is 2. The van der Waals surface area contributed by atoms with Gasteiger partial charge in [0.25, 0.3) is 0 Å². The molecule has 1 aromatic heterocycles. The van der Waals surface area contributed by atoms with Crippen LogP contribution in [0.15, 0.2) is 66.7 Å². The predicted molar refractivity (Wildman–Crippen MR) is 114 cm³/mol. The summed E-state index contributed by atoms with van der Waals surface area (Å²) in [4.78, 5) is 31.4. The van der Waals surface area contributed by atoms with Crippen molar-refractivity contribution in [3.05, 3.63) is 89.1 Å². The summed E-state index contributed by atoms with van der Waals surface area (Å²) in [7, 11) is 3.18. The Morgan fingerprint density at radius 3 is 2.13 bits per heavy atom. The molecule has 5 nitrogen and oxygen atoms in total. The molecule has 1 heterocycles. The van der Waals surface area contributed by atoms with E-state index in [0.717, 1.165) is 10.9 Å². The Balaban J connectivity index is 1.93. The molecule has 0 N–H and O–H groups in total. The van der Waals surface area contributed by atoms with Crippen molar-refractivity contribution < 1.29 is 19.1 Å². The van der Waals surface area contributed by atoms with Gasteiger partial charge in [-0.05, 0) is 35.9 Å². The molecule has 0 atom stereocenters. The largest absolute Gasteiger partial charge is 0.497 e. The lowest BCUT2D eigenvalue weighted by Crippen LogP contribution is -2.23. The average molecular weight is 395 g/mol. The molecular weight excluding hydrogens is 378 g/mol. The van der Waals surface area contributed by atoms with Crippen molar-refractivity contribution in [3.63, 3.8) is 0 Å². The fourth-order valence-electron chi connectivity index (χ4n) is 3.97. The molecular formula is C25H17NO4. The minimum absolute atomic E-state index is 0.175. The lowest BCUT2D eigenvalue weighted by atomic mass is 9.81. The summed E-state index contributed by atoms with van der Waals surface area (Å²) >= 11 is 0. The van der Waals surface area contributed by atoms with E-state index in [1.54, 1.807) is 50.6 Å². The molecule has 4 aromatic rings. The second-order valence-electron chi connectivity index (χ2n) is 7.03. The van der Waals surface area contributed by atoms with Crippen LogP contribution >= 0.6 is 0 Å². The Labute approximate surface area is 172 Å². The highest BCUT2D eigenvalue weighted by Crippen LogP contribution is 2.40. The molecule has 30 heavy (non-hydrogen) atoms. The fourth-order valence-corrected chi connectivity index (χ4v) is 3.97. The Hall–Kier alpha value is -3.99. The third kappa shape index (κ3) is 2.59. The lowest BCUT2D eigenvalue weighted by molar-refractivity contribution is 0.0976. The maximum Gasteiger partial charge on any atom is 0.212 e. The molecule has 0 saturated heterocycles. The maximum absolute atomic E-state index is 13.5. The summed E-state index contributed by atoms with van der Waals surface area (Å²) in [5.41, 5.74) is 3.30. The highest BCUT2D eigenvalue weighted by Gasteiger charge is 2.34. The van der Waals surface area contributed by atoms with Crippen molar-refractivity contribution in [2.24, 2.45) is 0 Å². The maximum atomic E-state index is 13.5. The number of hydrogen-bond acceptors (Lipinski definition) is 5. The van der Waals surface area contributed by atoms with E-state index in [9.17, 15) is 9.59 Å². The van der Waals surface area contributed by atoms with E-state index in [1.807, 2.05) is 30.3 Å². The van der Waals surface area contributed by atoms with Gasteiger partial charge in [-0.25, -0.2) is 4.98 Å². The first kappa shape index (κ1) is 18.1. The lowest BCUT2D eigenvalue weighted by Gasteiger charge is -2.21. The Morgan fingerprint density at radius 2 is 1.40 bits per heavy atom. The van der Waals surface area contributed by atoms with Gasteiger partial charge in [0.1, 0.15) is 17.2 Å². The highest BCUT2D eigenvalue weighted by molar-refractivity contribution is 6.31. The minimum atomic E-state index is -0.248. The molecule has 0 saturated carbocycles. The Bertz CT molecular complexity index is 1360. The molecule has 5 rings (SSSR count). The normalized spacial score (nSPS) is 12.5. The number of nitrogens with zero attached hydrogens (tertiary/aromatic N) is 1. The van der Waals surface area contributed by atoms with Crippen LogP contribution in [0.1, 0.15) is 32.0 Å². The SMILES string of the molecule is COc1cccc(-c2c3c(nc4ccc(OC)cc24)C(=O)c2ccccc2C3=O)c1. The molecule has 146 valence electrons. The molecule has 0 unspecified atom stereocenters. The molecule has 3 aromatic carbocycles. The van der Waals surface area contributed by atoms with Gasteiger partial charge < -0.3 is 9.47 Å². The van der Waals surface area contributed by atoms with Gasteiger partial charge in [0.05, 0.1) is 25.3 Å². The number of carbonyl (C=O) groups excluding carboxylic acids is 2. The monoisotopic (exact) mass is 395 g/mol. The van der Waals surface area contributed by atoms with Gasteiger partial charge in [-0.1, -0.05) is 36.4 Å². The van der Waals surface area contributed by atoms with E-state index in [0.29, 0.717) is 39.3 Å². The summed E-state index contributed by atoms with van der Waals surface area (Å²) in [5.74, 6) is 0.838. The van der Waals surface area contributed by atoms with Crippen molar-refractivity contribution in [3.8, 4) is 22.6 Å². The van der Waals surface area contributed by atoms with Gasteiger partial charge in [0.2, 0.25) is 5.78 Å². The summed E-state index contributed by atoms with van der Waals surface area (Å²) in [6, 6.07) is 19.8. The zero-order chi connectivity index (χ0) is 20.8. The van der Waals surface area contributed by atoms with Crippen LogP contribution in [-0.2, 0) is 0 Å². The zero-order valence-electron chi connectivity index (χ0n) is 16.4. The van der Waals surface area contributed by atoms with Gasteiger partial charge in [-0.3, -0.25) is 9.59 Å². The molecule has 5 heteroatoms. The van der Waals surface area contributed by atoms with E-state index >= 15 is 0 Å². The number of aromatic nitrogens is 1. The standard InChI is InChI=1S/C25H17NO4/c1-29-15-7-5-6-14(12-15)21-19-13-16(30-2)10-11-20(19)26-23-22(21)24(27)17-8-3-4-9-18(17)25(23)28/h3-13H,1-2H3. The van der Waals surface area contributed by atoms with E-state index in [-0.39, 0.29) is 17.3 Å². The van der Waals surface area contributed by atoms with Crippen LogP contribution in [0.3, 0.4) is 0 Å². The van der Waals surface area contributed by atoms with Gasteiger partial charge in [0.15, 0.2) is 5.78 Å². The third-order valence-corrected chi connectivity index (χ3v) is 5.41. The Morgan fingerprint density at radius 1 is 0.700 bits per heavy atom. The van der Waals surface area contributed by atoms with Crippen molar-refractivity contribution >= 4 is 22.5 Å². The molecule has 0 amide bonds. The minimum Gasteiger partial charge on any atom is -0.497 e. The van der Waals surface area contributed by atoms with Gasteiger partial charge in [-0.15, -0.1) is 0 Å². The van der Waals surface area contributed by atoms with Crippen LogP contribution in [0.2, 0.25) is 0 Å². The molecule has 0 spiro atoms. The smallest absolute Gasteiger partial charge is 0.212 e. The van der Waals surface area contributed by atoms with Crippen molar-refractivity contribution in [2.45, 2.75) is 0 Å². The van der Waals surface area contributed by atoms with Crippen LogP contribution in [0.25, 0.3) is 22.0 Å². The summed E-state index contributed by atoms with van der Waals surface area (Å²) in [5, 5.41) is 0.738. The molecule has 1 aliphatic carbocycles. The number of methoxy groups -OCH3 is 2. The van der Waals surface area contributed by atoms with Crippen LogP contribution in [-0.4, -0.2) is 30.8 Å². The van der Waals surface area contributed by atoms with Crippen molar-refractivity contribution in [1.29, 1.82) is 0 Å². The van der Waals surface area contributed by atoms with E-state index in [1.165, 1.54) is 0 Å². The number of pyridine rings is 1. The van der Waals surface area contributed by atoms with Crippen LogP contribution in [0.4, 0.5) is 0 Å². The summed E-state index contributed by atoms with van der Waals surface area (Å²) in [6.07, 6.45) is 0. The van der Waals surface area contributed by atoms with Crippen LogP contribution < -0.4 is 9.47 Å². The fraction of sp³-hybridized carbons (Fsp3) is 0.0800. The van der Waals surface area contributed by atoms with Gasteiger partial charge >= 0.3 is 0 Å². The topological polar surface area (TPSA) is 65.5 Å².